The molecule has 10 heteroatoms. The Balaban J connectivity index is 1.70. The number of carbonyl (C=O) groups is 1. The van der Waals surface area contributed by atoms with Gasteiger partial charge in [0.05, 0.1) is 10.6 Å². The van der Waals surface area contributed by atoms with Crippen molar-refractivity contribution in [1.29, 1.82) is 0 Å². The summed E-state index contributed by atoms with van der Waals surface area (Å²) in [5, 5.41) is 3.81. The van der Waals surface area contributed by atoms with Crippen LogP contribution in [0.4, 0.5) is 10.8 Å². The molecule has 0 unspecified atom stereocenters. The fourth-order valence-electron chi connectivity index (χ4n) is 2.51. The molecule has 0 spiro atoms. The van der Waals surface area contributed by atoms with Crippen LogP contribution in [0.3, 0.4) is 0 Å². The van der Waals surface area contributed by atoms with Crippen LogP contribution in [0.15, 0.2) is 58.6 Å². The number of benzene rings is 2. The lowest BCUT2D eigenvalue weighted by molar-refractivity contribution is 0.102. The lowest BCUT2D eigenvalue weighted by Crippen LogP contribution is -2.26. The molecule has 1 amide bonds. The molecule has 0 aliphatic heterocycles. The van der Waals surface area contributed by atoms with Crippen molar-refractivity contribution in [2.75, 3.05) is 22.4 Å². The highest BCUT2D eigenvalue weighted by Crippen LogP contribution is 2.24. The molecule has 3 aromatic rings. The van der Waals surface area contributed by atoms with Gasteiger partial charge in [-0.25, -0.2) is 8.42 Å². The van der Waals surface area contributed by atoms with Gasteiger partial charge < -0.3 is 0 Å². The Bertz CT molecular complexity index is 1110. The van der Waals surface area contributed by atoms with Gasteiger partial charge in [0, 0.05) is 29.9 Å². The molecule has 1 heterocycles. The largest absolute Gasteiger partial charge is 0.297 e. The summed E-state index contributed by atoms with van der Waals surface area (Å²) in [6, 6.07) is 13.0. The molecule has 0 aliphatic rings. The maximum absolute atomic E-state index is 12.8. The number of rotatable bonds is 8. The van der Waals surface area contributed by atoms with Crippen LogP contribution in [-0.4, -0.2) is 36.5 Å². The number of nitrogens with zero attached hydrogens (tertiary/aromatic N) is 3. The molecular formula is C20H22N4O3S3. The molecule has 3 rings (SSSR count). The van der Waals surface area contributed by atoms with Crippen LogP contribution in [0.5, 0.6) is 0 Å². The molecule has 0 aliphatic carbocycles. The summed E-state index contributed by atoms with van der Waals surface area (Å²) in [7, 11) is -2.19. The summed E-state index contributed by atoms with van der Waals surface area (Å²) in [5.74, 6) is 0.596. The number of carbonyl (C=O) groups excluding carboxylic acids is 1. The van der Waals surface area contributed by atoms with Gasteiger partial charge in [-0.1, -0.05) is 36.4 Å². The van der Waals surface area contributed by atoms with Gasteiger partial charge in [-0.15, -0.1) is 0 Å². The second-order valence-electron chi connectivity index (χ2n) is 6.52. The van der Waals surface area contributed by atoms with Crippen molar-refractivity contribution in [3.8, 4) is 0 Å². The van der Waals surface area contributed by atoms with E-state index in [4.69, 9.17) is 0 Å². The number of hydrogen-bond acceptors (Lipinski definition) is 7. The predicted octanol–water partition coefficient (Wildman–Crippen LogP) is 4.43. The summed E-state index contributed by atoms with van der Waals surface area (Å²) in [5.41, 5.74) is 1.85. The van der Waals surface area contributed by atoms with Crippen molar-refractivity contribution in [2.45, 2.75) is 30.3 Å². The highest BCUT2D eigenvalue weighted by atomic mass is 32.2. The zero-order valence-corrected chi connectivity index (χ0v) is 19.3. The lowest BCUT2D eigenvalue weighted by Gasteiger charge is -2.19. The van der Waals surface area contributed by atoms with Crippen molar-refractivity contribution in [3.63, 3.8) is 0 Å². The van der Waals surface area contributed by atoms with E-state index in [1.807, 2.05) is 6.92 Å². The monoisotopic (exact) mass is 462 g/mol. The summed E-state index contributed by atoms with van der Waals surface area (Å²) in [4.78, 5) is 17.0. The van der Waals surface area contributed by atoms with E-state index in [9.17, 15) is 13.2 Å². The molecule has 1 aromatic heterocycles. The maximum atomic E-state index is 12.8. The molecule has 0 saturated heterocycles. The summed E-state index contributed by atoms with van der Waals surface area (Å²) in [6.07, 6.45) is 1.02. The minimum absolute atomic E-state index is 0.213. The number of hydrogen-bond donors (Lipinski definition) is 1. The van der Waals surface area contributed by atoms with Crippen molar-refractivity contribution >= 4 is 50.0 Å². The van der Waals surface area contributed by atoms with Gasteiger partial charge in [0.15, 0.2) is 0 Å². The third kappa shape index (κ3) is 5.18. The van der Waals surface area contributed by atoms with Gasteiger partial charge >= 0.3 is 0 Å². The molecule has 0 fully saturated rings. The highest BCUT2D eigenvalue weighted by Gasteiger charge is 2.21. The molecule has 0 atom stereocenters. The van der Waals surface area contributed by atoms with Crippen molar-refractivity contribution in [3.05, 3.63) is 59.7 Å². The van der Waals surface area contributed by atoms with Crippen molar-refractivity contribution in [1.82, 2.24) is 9.36 Å². The predicted molar refractivity (Wildman–Crippen MR) is 122 cm³/mol. The minimum atomic E-state index is -3.68. The van der Waals surface area contributed by atoms with Gasteiger partial charge in [0.2, 0.25) is 10.3 Å². The zero-order chi connectivity index (χ0) is 21.7. The van der Waals surface area contributed by atoms with E-state index in [1.165, 1.54) is 11.4 Å². The highest BCUT2D eigenvalue weighted by molar-refractivity contribution is 7.99. The molecule has 1 N–H and O–H groups in total. The van der Waals surface area contributed by atoms with E-state index in [0.717, 1.165) is 29.3 Å². The van der Waals surface area contributed by atoms with Crippen LogP contribution in [-0.2, 0) is 10.0 Å². The summed E-state index contributed by atoms with van der Waals surface area (Å²) in [6.45, 7) is 3.98. The second kappa shape index (κ2) is 9.59. The van der Waals surface area contributed by atoms with Crippen LogP contribution >= 0.6 is 23.3 Å². The maximum Gasteiger partial charge on any atom is 0.264 e. The Kier molecular flexibility index (Phi) is 7.11. The van der Waals surface area contributed by atoms with Crippen LogP contribution in [0.25, 0.3) is 0 Å². The first kappa shape index (κ1) is 22.3. The molecule has 7 nitrogen and oxygen atoms in total. The Morgan fingerprint density at radius 1 is 1.13 bits per heavy atom. The fraction of sp³-hybridized carbons (Fsp3) is 0.250. The van der Waals surface area contributed by atoms with E-state index in [0.29, 0.717) is 21.5 Å². The van der Waals surface area contributed by atoms with E-state index < -0.39 is 10.0 Å². The van der Waals surface area contributed by atoms with E-state index >= 15 is 0 Å². The minimum Gasteiger partial charge on any atom is -0.297 e. The fourth-order valence-corrected chi connectivity index (χ4v) is 5.10. The second-order valence-corrected chi connectivity index (χ2v) is 10.3. The van der Waals surface area contributed by atoms with Gasteiger partial charge in [-0.3, -0.25) is 14.4 Å². The van der Waals surface area contributed by atoms with Crippen molar-refractivity contribution < 1.29 is 13.2 Å². The first-order valence-electron chi connectivity index (χ1n) is 9.25. The van der Waals surface area contributed by atoms with Crippen LogP contribution in [0.2, 0.25) is 0 Å². The number of nitrogens with one attached hydrogen (secondary N) is 1. The molecule has 2 aromatic carbocycles. The Labute approximate surface area is 184 Å². The topological polar surface area (TPSA) is 92.3 Å². The Hall–Kier alpha value is -2.43. The van der Waals surface area contributed by atoms with Gasteiger partial charge in [-0.2, -0.15) is 9.36 Å². The number of amides is 1. The summed E-state index contributed by atoms with van der Waals surface area (Å²) >= 11 is 2.68. The Morgan fingerprint density at radius 2 is 1.80 bits per heavy atom. The first-order chi connectivity index (χ1) is 14.3. The van der Waals surface area contributed by atoms with Gasteiger partial charge in [-0.05, 0) is 49.7 Å². The third-order valence-electron chi connectivity index (χ3n) is 4.24. The molecule has 0 saturated carbocycles. The number of sulfonamides is 1. The van der Waals surface area contributed by atoms with E-state index in [-0.39, 0.29) is 10.8 Å². The number of aryl methyl sites for hydroxylation is 1. The van der Waals surface area contributed by atoms with Gasteiger partial charge in [0.1, 0.15) is 0 Å². The van der Waals surface area contributed by atoms with Crippen LogP contribution in [0, 0.1) is 6.92 Å². The standard InChI is InChI=1S/C20H22N4O3S3/c1-4-13-28-20-22-19(29-23-20)21-18(25)15-7-9-16(10-8-15)24(3)30(26,27)17-11-5-14(2)6-12-17/h5-12H,4,13H2,1-3H3,(H,21,22,23,25). The van der Waals surface area contributed by atoms with E-state index in [2.05, 4.69) is 21.6 Å². The molecule has 30 heavy (non-hydrogen) atoms. The zero-order valence-electron chi connectivity index (χ0n) is 16.8. The molecule has 0 bridgehead atoms. The summed E-state index contributed by atoms with van der Waals surface area (Å²) < 4.78 is 31.0. The quantitative estimate of drug-likeness (QED) is 0.498. The lowest BCUT2D eigenvalue weighted by atomic mass is 10.2. The average molecular weight is 463 g/mol. The normalized spacial score (nSPS) is 11.3. The average Bonchev–Trinajstić information content (AvgIpc) is 3.19. The smallest absolute Gasteiger partial charge is 0.264 e. The SMILES string of the molecule is CCCSc1nsc(NC(=O)c2ccc(N(C)S(=O)(=O)c3ccc(C)cc3)cc2)n1. The molecule has 158 valence electrons. The first-order valence-corrected chi connectivity index (χ1v) is 12.4. The van der Waals surface area contributed by atoms with E-state index in [1.54, 1.807) is 60.3 Å². The third-order valence-corrected chi connectivity index (χ3v) is 7.83. The molecule has 0 radical (unpaired) electrons. The van der Waals surface area contributed by atoms with Crippen LogP contribution < -0.4 is 9.62 Å². The van der Waals surface area contributed by atoms with Gasteiger partial charge in [0.25, 0.3) is 15.9 Å². The van der Waals surface area contributed by atoms with Crippen molar-refractivity contribution in [2.24, 2.45) is 0 Å². The number of aromatic nitrogens is 2. The number of thioether (sulfide) groups is 1. The Morgan fingerprint density at radius 3 is 2.43 bits per heavy atom. The molecular weight excluding hydrogens is 440 g/mol. The number of anilines is 2. The van der Waals surface area contributed by atoms with Crippen LogP contribution in [0.1, 0.15) is 29.3 Å².